The molecule has 0 unspecified atom stereocenters. The van der Waals surface area contributed by atoms with Crippen molar-refractivity contribution in [1.82, 2.24) is 16.2 Å². The molecule has 0 aliphatic rings. The number of carbonyl (C=O) groups excluding carboxylic acids is 2. The van der Waals surface area contributed by atoms with Crippen molar-refractivity contribution in [3.63, 3.8) is 0 Å². The zero-order valence-corrected chi connectivity index (χ0v) is 21.9. The van der Waals surface area contributed by atoms with E-state index in [1.807, 2.05) is 19.1 Å². The Bertz CT molecular complexity index is 986. The van der Waals surface area contributed by atoms with Crippen molar-refractivity contribution in [3.8, 4) is 11.5 Å². The van der Waals surface area contributed by atoms with Gasteiger partial charge in [-0.1, -0.05) is 42.8 Å². The quantitative estimate of drug-likeness (QED) is 0.303. The number of carbonyl (C=O) groups is 2. The molecule has 0 aliphatic heterocycles. The molecule has 3 N–H and O–H groups in total. The predicted molar refractivity (Wildman–Crippen MR) is 135 cm³/mol. The maximum Gasteiger partial charge on any atom is 0.276 e. The van der Waals surface area contributed by atoms with E-state index in [9.17, 15) is 9.59 Å². The first-order valence-corrected chi connectivity index (χ1v) is 12.0. The average Bonchev–Trinajstić information content (AvgIpc) is 2.75. The largest absolute Gasteiger partial charge is 0.493 e. The van der Waals surface area contributed by atoms with Crippen LogP contribution in [0.15, 0.2) is 45.3 Å². The molecule has 172 valence electrons. The summed E-state index contributed by atoms with van der Waals surface area (Å²) in [6.07, 6.45) is 0.809. The number of thiocarbonyl (C=S) groups is 1. The van der Waals surface area contributed by atoms with Crippen LogP contribution in [-0.4, -0.2) is 30.1 Å². The maximum absolute atomic E-state index is 12.6. The second-order valence-electron chi connectivity index (χ2n) is 7.08. The summed E-state index contributed by atoms with van der Waals surface area (Å²) in [4.78, 5) is 24.6. The Morgan fingerprint density at radius 1 is 1.03 bits per heavy atom. The van der Waals surface area contributed by atoms with Gasteiger partial charge in [-0.05, 0) is 76.4 Å². The fourth-order valence-electron chi connectivity index (χ4n) is 2.52. The van der Waals surface area contributed by atoms with Crippen molar-refractivity contribution in [2.45, 2.75) is 33.1 Å². The Kier molecular flexibility index (Phi) is 10.4. The molecule has 0 spiro atoms. The van der Waals surface area contributed by atoms with Crippen molar-refractivity contribution >= 4 is 61.0 Å². The smallest absolute Gasteiger partial charge is 0.276 e. The van der Waals surface area contributed by atoms with Gasteiger partial charge in [-0.3, -0.25) is 25.8 Å². The Morgan fingerprint density at radius 2 is 1.75 bits per heavy atom. The van der Waals surface area contributed by atoms with Gasteiger partial charge in [-0.2, -0.15) is 0 Å². The lowest BCUT2D eigenvalue weighted by Crippen LogP contribution is -2.49. The zero-order valence-electron chi connectivity index (χ0n) is 18.0. The summed E-state index contributed by atoms with van der Waals surface area (Å²) in [5, 5.41) is 2.45. The van der Waals surface area contributed by atoms with E-state index < -0.39 is 11.8 Å². The molecule has 2 rings (SSSR count). The summed E-state index contributed by atoms with van der Waals surface area (Å²) in [6, 6.07) is 10.8. The number of hydrogen-bond donors (Lipinski definition) is 3. The average molecular weight is 587 g/mol. The third-order valence-electron chi connectivity index (χ3n) is 4.17. The van der Waals surface area contributed by atoms with E-state index in [0.717, 1.165) is 20.9 Å². The van der Waals surface area contributed by atoms with Crippen molar-refractivity contribution in [3.05, 3.63) is 56.5 Å². The minimum absolute atomic E-state index is 0.0627. The Hall–Kier alpha value is -2.17. The maximum atomic E-state index is 12.6. The fraction of sp³-hybridized carbons (Fsp3) is 0.318. The third-order valence-corrected chi connectivity index (χ3v) is 5.49. The highest BCUT2D eigenvalue weighted by Crippen LogP contribution is 2.28. The molecular formula is C22H25Br2N3O4S. The molecule has 0 saturated heterocycles. The molecule has 2 amide bonds. The van der Waals surface area contributed by atoms with E-state index in [4.69, 9.17) is 21.7 Å². The van der Waals surface area contributed by atoms with E-state index >= 15 is 0 Å². The van der Waals surface area contributed by atoms with Crippen LogP contribution >= 0.6 is 44.1 Å². The summed E-state index contributed by atoms with van der Waals surface area (Å²) < 4.78 is 12.6. The number of ether oxygens (including phenoxy) is 2. The minimum Gasteiger partial charge on any atom is -0.493 e. The first-order chi connectivity index (χ1) is 15.2. The lowest BCUT2D eigenvalue weighted by Gasteiger charge is -2.14. The predicted octanol–water partition coefficient (Wildman–Crippen LogP) is 4.84. The normalized spacial score (nSPS) is 10.4. The van der Waals surface area contributed by atoms with Gasteiger partial charge in [0.1, 0.15) is 11.5 Å². The molecular weight excluding hydrogens is 562 g/mol. The summed E-state index contributed by atoms with van der Waals surface area (Å²) in [6.45, 7) is 6.42. The Labute approximate surface area is 209 Å². The molecule has 2 aromatic rings. The fourth-order valence-corrected chi connectivity index (χ4v) is 3.53. The highest BCUT2D eigenvalue weighted by molar-refractivity contribution is 9.10. The van der Waals surface area contributed by atoms with Crippen molar-refractivity contribution < 1.29 is 19.1 Å². The van der Waals surface area contributed by atoms with Gasteiger partial charge < -0.3 is 9.47 Å². The Morgan fingerprint density at radius 3 is 2.41 bits per heavy atom. The van der Waals surface area contributed by atoms with E-state index in [-0.39, 0.29) is 11.7 Å². The first kappa shape index (κ1) is 26.1. The molecule has 0 heterocycles. The number of benzene rings is 2. The van der Waals surface area contributed by atoms with Crippen LogP contribution < -0.4 is 25.6 Å². The van der Waals surface area contributed by atoms with E-state index in [1.54, 1.807) is 24.3 Å². The number of amides is 2. The van der Waals surface area contributed by atoms with Crippen LogP contribution in [0.3, 0.4) is 0 Å². The molecule has 0 aliphatic carbocycles. The summed E-state index contributed by atoms with van der Waals surface area (Å²) >= 11 is 11.9. The van der Waals surface area contributed by atoms with Crippen LogP contribution in [0.4, 0.5) is 0 Å². The van der Waals surface area contributed by atoms with Crippen LogP contribution in [0, 0.1) is 0 Å². The van der Waals surface area contributed by atoms with Gasteiger partial charge in [-0.15, -0.1) is 0 Å². The van der Waals surface area contributed by atoms with E-state index in [0.29, 0.717) is 29.6 Å². The van der Waals surface area contributed by atoms with Gasteiger partial charge in [0.25, 0.3) is 11.8 Å². The minimum atomic E-state index is -0.463. The van der Waals surface area contributed by atoms with Crippen LogP contribution in [0.5, 0.6) is 11.5 Å². The molecule has 0 fully saturated rings. The third kappa shape index (κ3) is 8.07. The molecule has 7 nitrogen and oxygen atoms in total. The molecule has 0 aromatic heterocycles. The van der Waals surface area contributed by atoms with Crippen molar-refractivity contribution in [1.29, 1.82) is 0 Å². The summed E-state index contributed by atoms with van der Waals surface area (Å²) in [5.74, 6) is 0.456. The summed E-state index contributed by atoms with van der Waals surface area (Å²) in [7, 11) is 0. The molecule has 0 bridgehead atoms. The molecule has 0 atom stereocenters. The number of rotatable bonds is 8. The molecule has 0 saturated carbocycles. The van der Waals surface area contributed by atoms with Gasteiger partial charge in [-0.25, -0.2) is 0 Å². The van der Waals surface area contributed by atoms with E-state index in [1.165, 1.54) is 0 Å². The molecule has 2 aromatic carbocycles. The summed E-state index contributed by atoms with van der Waals surface area (Å²) in [5.41, 5.74) is 6.36. The van der Waals surface area contributed by atoms with Gasteiger partial charge in [0.15, 0.2) is 11.7 Å². The second kappa shape index (κ2) is 12.8. The topological polar surface area (TPSA) is 88.7 Å². The van der Waals surface area contributed by atoms with Gasteiger partial charge in [0.2, 0.25) is 0 Å². The number of nitrogens with one attached hydrogen (secondary N) is 3. The molecule has 32 heavy (non-hydrogen) atoms. The van der Waals surface area contributed by atoms with Crippen molar-refractivity contribution in [2.24, 2.45) is 0 Å². The van der Waals surface area contributed by atoms with Crippen molar-refractivity contribution in [2.75, 3.05) is 13.2 Å². The number of hydrogen-bond acceptors (Lipinski definition) is 5. The lowest BCUT2D eigenvalue weighted by atomic mass is 10.0. The molecule has 0 radical (unpaired) electrons. The van der Waals surface area contributed by atoms with E-state index in [2.05, 4.69) is 61.9 Å². The molecule has 10 heteroatoms. The standard InChI is InChI=1S/C22H25Br2N3O4S/c1-4-9-30-18-8-6-15(23)11-16(18)21(29)25-22(32)27-26-20(28)12-31-19-7-5-14(13(2)3)10-17(19)24/h5-8,10-11,13H,4,9,12H2,1-3H3,(H,26,28)(H2,25,27,29,32). The van der Waals surface area contributed by atoms with Gasteiger partial charge in [0.05, 0.1) is 16.6 Å². The lowest BCUT2D eigenvalue weighted by molar-refractivity contribution is -0.123. The van der Waals surface area contributed by atoms with Gasteiger partial charge in [0, 0.05) is 4.47 Å². The van der Waals surface area contributed by atoms with Gasteiger partial charge >= 0.3 is 0 Å². The first-order valence-electron chi connectivity index (χ1n) is 9.96. The van der Waals surface area contributed by atoms with Crippen LogP contribution in [-0.2, 0) is 4.79 Å². The highest BCUT2D eigenvalue weighted by Gasteiger charge is 2.15. The number of halogens is 2. The SMILES string of the molecule is CCCOc1ccc(Br)cc1C(=O)NC(=S)NNC(=O)COc1ccc(C(C)C)cc1Br. The number of hydrazine groups is 1. The Balaban J connectivity index is 1.84. The van der Waals surface area contributed by atoms with Crippen LogP contribution in [0.1, 0.15) is 49.0 Å². The highest BCUT2D eigenvalue weighted by atomic mass is 79.9. The van der Waals surface area contributed by atoms with Crippen LogP contribution in [0.2, 0.25) is 0 Å². The zero-order chi connectivity index (χ0) is 23.7. The van der Waals surface area contributed by atoms with Crippen LogP contribution in [0.25, 0.3) is 0 Å². The second-order valence-corrected chi connectivity index (χ2v) is 9.26. The monoisotopic (exact) mass is 585 g/mol.